The fourth-order valence-corrected chi connectivity index (χ4v) is 4.03. The number of ether oxygens (including phenoxy) is 1. The van der Waals surface area contributed by atoms with Gasteiger partial charge >= 0.3 is 5.97 Å². The van der Waals surface area contributed by atoms with Crippen molar-refractivity contribution in [2.45, 2.75) is 46.6 Å². The highest BCUT2D eigenvalue weighted by molar-refractivity contribution is 5.98. The summed E-state index contributed by atoms with van der Waals surface area (Å²) in [7, 11) is 1.54. The molecule has 6 nitrogen and oxygen atoms in total. The SMILES string of the molecule is CCc1cn(Cc2ccc(C(=O)O)cc2OC)c2cc(C(=O)NCC(CC)CC)ccc12. The van der Waals surface area contributed by atoms with Crippen LogP contribution in [-0.2, 0) is 13.0 Å². The van der Waals surface area contributed by atoms with Crippen molar-refractivity contribution in [2.24, 2.45) is 5.92 Å². The van der Waals surface area contributed by atoms with Gasteiger partial charge in [0.1, 0.15) is 5.75 Å². The summed E-state index contributed by atoms with van der Waals surface area (Å²) in [5, 5.41) is 13.4. The van der Waals surface area contributed by atoms with Crippen molar-refractivity contribution in [1.82, 2.24) is 9.88 Å². The first kappa shape index (κ1) is 23.4. The minimum absolute atomic E-state index is 0.0620. The molecule has 0 fully saturated rings. The van der Waals surface area contributed by atoms with Crippen LogP contribution in [0.1, 0.15) is 65.5 Å². The molecule has 1 heterocycles. The number of carbonyl (C=O) groups is 2. The number of nitrogens with one attached hydrogen (secondary N) is 1. The number of amides is 1. The first-order valence-corrected chi connectivity index (χ1v) is 11.2. The lowest BCUT2D eigenvalue weighted by Gasteiger charge is -2.14. The number of aromatic carboxylic acids is 1. The third-order valence-corrected chi connectivity index (χ3v) is 6.19. The fourth-order valence-electron chi connectivity index (χ4n) is 4.03. The highest BCUT2D eigenvalue weighted by Gasteiger charge is 2.15. The third kappa shape index (κ3) is 4.96. The number of carbonyl (C=O) groups excluding carboxylic acids is 1. The van der Waals surface area contributed by atoms with Gasteiger partial charge in [0.15, 0.2) is 0 Å². The molecule has 170 valence electrons. The fraction of sp³-hybridized carbons (Fsp3) is 0.385. The zero-order chi connectivity index (χ0) is 23.3. The van der Waals surface area contributed by atoms with Gasteiger partial charge in [-0.2, -0.15) is 0 Å². The van der Waals surface area contributed by atoms with Crippen LogP contribution in [0.3, 0.4) is 0 Å². The first-order valence-electron chi connectivity index (χ1n) is 11.2. The van der Waals surface area contributed by atoms with Crippen molar-refractivity contribution in [3.05, 3.63) is 64.8 Å². The van der Waals surface area contributed by atoms with Gasteiger partial charge in [-0.1, -0.05) is 45.7 Å². The maximum absolute atomic E-state index is 12.8. The van der Waals surface area contributed by atoms with Crippen LogP contribution in [0.4, 0.5) is 0 Å². The standard InChI is InChI=1S/C26H32N2O4/c1-5-17(6-2)14-27-25(29)19-10-11-22-18(7-3)15-28(23(22)12-19)16-21-9-8-20(26(30)31)13-24(21)32-4/h8-13,15,17H,5-7,14,16H2,1-4H3,(H,27,29)(H,30,31). The smallest absolute Gasteiger partial charge is 0.335 e. The number of hydrogen-bond donors (Lipinski definition) is 2. The van der Waals surface area contributed by atoms with Crippen LogP contribution in [-0.4, -0.2) is 35.2 Å². The Morgan fingerprint density at radius 1 is 1.03 bits per heavy atom. The van der Waals surface area contributed by atoms with E-state index in [4.69, 9.17) is 4.74 Å². The molecule has 0 bridgehead atoms. The molecule has 1 amide bonds. The van der Waals surface area contributed by atoms with Crippen LogP contribution in [0.25, 0.3) is 10.9 Å². The van der Waals surface area contributed by atoms with Gasteiger partial charge in [0, 0.05) is 34.8 Å². The van der Waals surface area contributed by atoms with E-state index >= 15 is 0 Å². The van der Waals surface area contributed by atoms with Gasteiger partial charge in [-0.25, -0.2) is 4.79 Å². The maximum atomic E-state index is 12.8. The molecular formula is C26H32N2O4. The van der Waals surface area contributed by atoms with Crippen molar-refractivity contribution in [3.8, 4) is 5.75 Å². The predicted octanol–water partition coefficient (Wildman–Crippen LogP) is 5.12. The van der Waals surface area contributed by atoms with E-state index in [0.717, 1.165) is 35.7 Å². The molecule has 2 aromatic carbocycles. The number of benzene rings is 2. The molecule has 0 spiro atoms. The average Bonchev–Trinajstić information content (AvgIpc) is 3.16. The molecule has 3 rings (SSSR count). The Morgan fingerprint density at radius 2 is 1.75 bits per heavy atom. The predicted molar refractivity (Wildman–Crippen MR) is 127 cm³/mol. The summed E-state index contributed by atoms with van der Waals surface area (Å²) in [6.45, 7) is 7.58. The summed E-state index contributed by atoms with van der Waals surface area (Å²) in [6.07, 6.45) is 5.06. The van der Waals surface area contributed by atoms with Crippen molar-refractivity contribution in [1.29, 1.82) is 0 Å². The second-order valence-electron chi connectivity index (χ2n) is 8.09. The van der Waals surface area contributed by atoms with Crippen LogP contribution in [0.2, 0.25) is 0 Å². The molecule has 6 heteroatoms. The molecule has 0 atom stereocenters. The largest absolute Gasteiger partial charge is 0.496 e. The topological polar surface area (TPSA) is 80.6 Å². The van der Waals surface area contributed by atoms with Crippen molar-refractivity contribution < 1.29 is 19.4 Å². The molecule has 0 aliphatic heterocycles. The molecule has 2 N–H and O–H groups in total. The minimum Gasteiger partial charge on any atom is -0.496 e. The van der Waals surface area contributed by atoms with E-state index in [-0.39, 0.29) is 11.5 Å². The van der Waals surface area contributed by atoms with Crippen LogP contribution in [0.5, 0.6) is 5.75 Å². The number of carboxylic acid groups (broad SMARTS) is 1. The van der Waals surface area contributed by atoms with Crippen molar-refractivity contribution >= 4 is 22.8 Å². The van der Waals surface area contributed by atoms with Crippen LogP contribution < -0.4 is 10.1 Å². The summed E-state index contributed by atoms with van der Waals surface area (Å²) < 4.78 is 7.55. The summed E-state index contributed by atoms with van der Waals surface area (Å²) in [5.74, 6) is -0.0325. The van der Waals surface area contributed by atoms with Gasteiger partial charge in [-0.3, -0.25) is 4.79 Å². The number of nitrogens with zero attached hydrogens (tertiary/aromatic N) is 1. The Bertz CT molecular complexity index is 1110. The Morgan fingerprint density at radius 3 is 2.38 bits per heavy atom. The van der Waals surface area contributed by atoms with E-state index < -0.39 is 5.97 Å². The van der Waals surface area contributed by atoms with Gasteiger partial charge in [-0.15, -0.1) is 0 Å². The molecule has 0 saturated heterocycles. The monoisotopic (exact) mass is 436 g/mol. The zero-order valence-corrected chi connectivity index (χ0v) is 19.3. The summed E-state index contributed by atoms with van der Waals surface area (Å²) >= 11 is 0. The zero-order valence-electron chi connectivity index (χ0n) is 19.3. The quantitative estimate of drug-likeness (QED) is 0.462. The van der Waals surface area contributed by atoms with E-state index in [9.17, 15) is 14.7 Å². The molecule has 3 aromatic rings. The normalized spacial score (nSPS) is 11.2. The Balaban J connectivity index is 1.94. The lowest BCUT2D eigenvalue weighted by atomic mass is 10.0. The number of aromatic nitrogens is 1. The number of aryl methyl sites for hydroxylation is 1. The van der Waals surface area contributed by atoms with Crippen LogP contribution in [0.15, 0.2) is 42.6 Å². The van der Waals surface area contributed by atoms with E-state index in [1.807, 2.05) is 18.2 Å². The van der Waals surface area contributed by atoms with E-state index in [2.05, 4.69) is 36.9 Å². The van der Waals surface area contributed by atoms with Gasteiger partial charge in [0.2, 0.25) is 0 Å². The molecule has 0 radical (unpaired) electrons. The molecule has 0 saturated carbocycles. The number of hydrogen-bond acceptors (Lipinski definition) is 3. The molecule has 1 aromatic heterocycles. The Hall–Kier alpha value is -3.28. The summed E-state index contributed by atoms with van der Waals surface area (Å²) in [5.41, 5.74) is 3.87. The molecule has 0 aliphatic carbocycles. The van der Waals surface area contributed by atoms with Gasteiger partial charge in [0.25, 0.3) is 5.91 Å². The maximum Gasteiger partial charge on any atom is 0.335 e. The highest BCUT2D eigenvalue weighted by atomic mass is 16.5. The minimum atomic E-state index is -0.987. The highest BCUT2D eigenvalue weighted by Crippen LogP contribution is 2.27. The summed E-state index contributed by atoms with van der Waals surface area (Å²) in [4.78, 5) is 24.1. The Kier molecular flexibility index (Phi) is 7.57. The van der Waals surface area contributed by atoms with Crippen molar-refractivity contribution in [2.75, 3.05) is 13.7 Å². The second-order valence-corrected chi connectivity index (χ2v) is 8.09. The van der Waals surface area contributed by atoms with Gasteiger partial charge in [-0.05, 0) is 42.2 Å². The number of carboxylic acids is 1. The lowest BCUT2D eigenvalue weighted by Crippen LogP contribution is -2.28. The number of fused-ring (bicyclic) bond motifs is 1. The summed E-state index contributed by atoms with van der Waals surface area (Å²) in [6, 6.07) is 10.8. The third-order valence-electron chi connectivity index (χ3n) is 6.19. The number of rotatable bonds is 10. The van der Waals surface area contributed by atoms with E-state index in [1.165, 1.54) is 12.7 Å². The average molecular weight is 437 g/mol. The van der Waals surface area contributed by atoms with Gasteiger partial charge in [0.05, 0.1) is 19.2 Å². The first-order chi connectivity index (χ1) is 15.4. The second kappa shape index (κ2) is 10.4. The van der Waals surface area contributed by atoms with Crippen molar-refractivity contribution in [3.63, 3.8) is 0 Å². The molecule has 32 heavy (non-hydrogen) atoms. The molecule has 0 unspecified atom stereocenters. The van der Waals surface area contributed by atoms with Crippen LogP contribution in [0, 0.1) is 5.92 Å². The van der Waals surface area contributed by atoms with E-state index in [1.54, 1.807) is 18.2 Å². The van der Waals surface area contributed by atoms with Crippen LogP contribution >= 0.6 is 0 Å². The van der Waals surface area contributed by atoms with E-state index in [0.29, 0.717) is 30.3 Å². The lowest BCUT2D eigenvalue weighted by molar-refractivity contribution is 0.0696. The number of methoxy groups -OCH3 is 1. The Labute approximate surface area is 189 Å². The van der Waals surface area contributed by atoms with Gasteiger partial charge < -0.3 is 19.7 Å². The molecular weight excluding hydrogens is 404 g/mol. The molecule has 0 aliphatic rings.